The van der Waals surface area contributed by atoms with Gasteiger partial charge in [-0.1, -0.05) is 19.9 Å². The fourth-order valence-electron chi connectivity index (χ4n) is 2.96. The maximum Gasteiger partial charge on any atom is 0.119 e. The van der Waals surface area contributed by atoms with Crippen molar-refractivity contribution in [3.8, 4) is 5.75 Å². The van der Waals surface area contributed by atoms with E-state index in [-0.39, 0.29) is 0 Å². The Morgan fingerprint density at radius 2 is 1.95 bits per heavy atom. The molecular weight excluding hydrogens is 262 g/mol. The molecule has 1 aliphatic heterocycles. The van der Waals surface area contributed by atoms with Crippen LogP contribution < -0.4 is 9.64 Å². The molecule has 21 heavy (non-hydrogen) atoms. The average Bonchev–Trinajstić information content (AvgIpc) is 2.47. The van der Waals surface area contributed by atoms with Crippen molar-refractivity contribution in [2.24, 2.45) is 0 Å². The summed E-state index contributed by atoms with van der Waals surface area (Å²) in [7, 11) is 0. The zero-order valence-corrected chi connectivity index (χ0v) is 13.8. The van der Waals surface area contributed by atoms with Gasteiger partial charge in [0.2, 0.25) is 0 Å². The highest BCUT2D eigenvalue weighted by Crippen LogP contribution is 2.23. The first kappa shape index (κ1) is 16.3. The van der Waals surface area contributed by atoms with Crippen molar-refractivity contribution >= 4 is 0 Å². The molecule has 1 N–H and O–H groups in total. The SMILES string of the molecule is Cc1cc(OCCCC[NH+]2CCOCC2)ccc1C(C)C. The van der Waals surface area contributed by atoms with Crippen molar-refractivity contribution in [1.82, 2.24) is 0 Å². The third-order valence-electron chi connectivity index (χ3n) is 4.26. The minimum atomic E-state index is 0.579. The minimum Gasteiger partial charge on any atom is -0.494 e. The maximum absolute atomic E-state index is 5.88. The van der Waals surface area contributed by atoms with Crippen LogP contribution in [0.15, 0.2) is 18.2 Å². The zero-order chi connectivity index (χ0) is 15.1. The summed E-state index contributed by atoms with van der Waals surface area (Å²) in [5.41, 5.74) is 2.75. The number of rotatable bonds is 7. The van der Waals surface area contributed by atoms with Gasteiger partial charge in [-0.25, -0.2) is 0 Å². The van der Waals surface area contributed by atoms with Crippen LogP contribution in [0.5, 0.6) is 5.75 Å². The molecule has 0 bridgehead atoms. The molecule has 1 saturated heterocycles. The van der Waals surface area contributed by atoms with Crippen LogP contribution in [0.25, 0.3) is 0 Å². The van der Waals surface area contributed by atoms with E-state index in [2.05, 4.69) is 39.0 Å². The molecule has 0 aromatic heterocycles. The lowest BCUT2D eigenvalue weighted by Crippen LogP contribution is -3.14. The monoisotopic (exact) mass is 292 g/mol. The van der Waals surface area contributed by atoms with E-state index in [0.29, 0.717) is 5.92 Å². The molecule has 0 saturated carbocycles. The lowest BCUT2D eigenvalue weighted by Gasteiger charge is -2.23. The highest BCUT2D eigenvalue weighted by molar-refractivity contribution is 5.36. The van der Waals surface area contributed by atoms with Crippen LogP contribution in [-0.2, 0) is 4.74 Å². The Bertz CT molecular complexity index is 425. The first-order chi connectivity index (χ1) is 10.2. The lowest BCUT2D eigenvalue weighted by molar-refractivity contribution is -0.908. The number of hydrogen-bond acceptors (Lipinski definition) is 2. The largest absolute Gasteiger partial charge is 0.494 e. The maximum atomic E-state index is 5.88. The molecule has 0 amide bonds. The van der Waals surface area contributed by atoms with Crippen LogP contribution in [-0.4, -0.2) is 39.5 Å². The highest BCUT2D eigenvalue weighted by atomic mass is 16.5. The molecule has 1 aliphatic rings. The first-order valence-electron chi connectivity index (χ1n) is 8.31. The van der Waals surface area contributed by atoms with Crippen LogP contribution in [0, 0.1) is 6.92 Å². The van der Waals surface area contributed by atoms with Crippen molar-refractivity contribution in [2.75, 3.05) is 39.5 Å². The normalized spacial score (nSPS) is 16.4. The van der Waals surface area contributed by atoms with E-state index >= 15 is 0 Å². The summed E-state index contributed by atoms with van der Waals surface area (Å²) in [6, 6.07) is 6.48. The summed E-state index contributed by atoms with van der Waals surface area (Å²) in [5, 5.41) is 0. The molecule has 0 aliphatic carbocycles. The number of quaternary nitrogens is 1. The van der Waals surface area contributed by atoms with Gasteiger partial charge in [0.15, 0.2) is 0 Å². The quantitative estimate of drug-likeness (QED) is 0.779. The van der Waals surface area contributed by atoms with Gasteiger partial charge < -0.3 is 14.4 Å². The molecule has 3 heteroatoms. The molecule has 1 fully saturated rings. The Morgan fingerprint density at radius 3 is 2.62 bits per heavy atom. The highest BCUT2D eigenvalue weighted by Gasteiger charge is 2.12. The van der Waals surface area contributed by atoms with E-state index in [1.54, 1.807) is 4.90 Å². The third kappa shape index (κ3) is 5.33. The second-order valence-electron chi connectivity index (χ2n) is 6.34. The Hall–Kier alpha value is -1.06. The zero-order valence-electron chi connectivity index (χ0n) is 13.8. The van der Waals surface area contributed by atoms with E-state index in [4.69, 9.17) is 9.47 Å². The number of hydrogen-bond donors (Lipinski definition) is 1. The molecule has 118 valence electrons. The summed E-state index contributed by atoms with van der Waals surface area (Å²) in [5.74, 6) is 1.59. The average molecular weight is 292 g/mol. The second kappa shape index (κ2) is 8.40. The van der Waals surface area contributed by atoms with Crippen LogP contribution in [0.2, 0.25) is 0 Å². The number of ether oxygens (including phenoxy) is 2. The number of aryl methyl sites for hydroxylation is 1. The Labute approximate surface area is 129 Å². The molecule has 0 spiro atoms. The standard InChI is InChI=1S/C18H29NO2/c1-15(2)18-7-6-17(14-16(18)3)21-11-5-4-8-19-9-12-20-13-10-19/h6-7,14-15H,4-5,8-13H2,1-3H3/p+1. The molecule has 1 aromatic carbocycles. The smallest absolute Gasteiger partial charge is 0.119 e. The fourth-order valence-corrected chi connectivity index (χ4v) is 2.96. The molecule has 0 radical (unpaired) electrons. The fraction of sp³-hybridized carbons (Fsp3) is 0.667. The van der Waals surface area contributed by atoms with E-state index in [0.717, 1.165) is 45.1 Å². The van der Waals surface area contributed by atoms with Crippen molar-refractivity contribution in [3.63, 3.8) is 0 Å². The van der Waals surface area contributed by atoms with Crippen molar-refractivity contribution in [2.45, 2.75) is 39.5 Å². The Kier molecular flexibility index (Phi) is 6.52. The summed E-state index contributed by atoms with van der Waals surface area (Å²) < 4.78 is 11.3. The molecule has 1 aromatic rings. The van der Waals surface area contributed by atoms with Gasteiger partial charge in [-0.2, -0.15) is 0 Å². The van der Waals surface area contributed by atoms with E-state index in [1.807, 2.05) is 0 Å². The first-order valence-corrected chi connectivity index (χ1v) is 8.31. The Balaban J connectivity index is 1.65. The van der Waals surface area contributed by atoms with Gasteiger partial charge in [0, 0.05) is 0 Å². The summed E-state index contributed by atoms with van der Waals surface area (Å²) in [4.78, 5) is 1.68. The van der Waals surface area contributed by atoms with Gasteiger partial charge in [0.1, 0.15) is 18.8 Å². The molecule has 0 unspecified atom stereocenters. The van der Waals surface area contributed by atoms with Crippen molar-refractivity contribution in [3.05, 3.63) is 29.3 Å². The number of morpholine rings is 1. The summed E-state index contributed by atoms with van der Waals surface area (Å²) in [6.45, 7) is 12.9. The summed E-state index contributed by atoms with van der Waals surface area (Å²) in [6.07, 6.45) is 2.37. The van der Waals surface area contributed by atoms with Crippen molar-refractivity contribution < 1.29 is 14.4 Å². The topological polar surface area (TPSA) is 22.9 Å². The molecular formula is C18H30NO2+. The second-order valence-corrected chi connectivity index (χ2v) is 6.34. The van der Waals surface area contributed by atoms with E-state index < -0.39 is 0 Å². The van der Waals surface area contributed by atoms with Gasteiger partial charge in [0.05, 0.1) is 26.4 Å². The predicted octanol–water partition coefficient (Wildman–Crippen LogP) is 2.19. The predicted molar refractivity (Wildman–Crippen MR) is 86.4 cm³/mol. The minimum absolute atomic E-state index is 0.579. The van der Waals surface area contributed by atoms with Gasteiger partial charge in [-0.3, -0.25) is 0 Å². The molecule has 3 nitrogen and oxygen atoms in total. The Morgan fingerprint density at radius 1 is 1.19 bits per heavy atom. The molecule has 0 atom stereocenters. The van der Waals surface area contributed by atoms with Crippen LogP contribution >= 0.6 is 0 Å². The van der Waals surface area contributed by atoms with Gasteiger partial charge in [0.25, 0.3) is 0 Å². The number of benzene rings is 1. The van der Waals surface area contributed by atoms with Crippen LogP contribution in [0.3, 0.4) is 0 Å². The summed E-state index contributed by atoms with van der Waals surface area (Å²) >= 11 is 0. The lowest BCUT2D eigenvalue weighted by atomic mass is 9.98. The molecule has 1 heterocycles. The van der Waals surface area contributed by atoms with E-state index in [9.17, 15) is 0 Å². The van der Waals surface area contributed by atoms with Gasteiger partial charge in [-0.05, 0) is 48.9 Å². The number of nitrogens with one attached hydrogen (secondary N) is 1. The van der Waals surface area contributed by atoms with Crippen molar-refractivity contribution in [1.29, 1.82) is 0 Å². The van der Waals surface area contributed by atoms with E-state index in [1.165, 1.54) is 24.1 Å². The molecule has 2 rings (SSSR count). The van der Waals surface area contributed by atoms with Crippen LogP contribution in [0.4, 0.5) is 0 Å². The van der Waals surface area contributed by atoms with Crippen LogP contribution in [0.1, 0.15) is 43.7 Å². The number of unbranched alkanes of at least 4 members (excludes halogenated alkanes) is 1. The van der Waals surface area contributed by atoms with Gasteiger partial charge >= 0.3 is 0 Å². The van der Waals surface area contributed by atoms with Gasteiger partial charge in [-0.15, -0.1) is 0 Å². The third-order valence-corrected chi connectivity index (χ3v) is 4.26.